The third kappa shape index (κ3) is 22.1. The molecular weight excluding hydrogens is 1350 g/mol. The highest BCUT2D eigenvalue weighted by molar-refractivity contribution is 7.14. The molecule has 99 heavy (non-hydrogen) atoms. The minimum absolute atomic E-state index is 0.0140. The summed E-state index contributed by atoms with van der Waals surface area (Å²) in [6.45, 7) is 5.29. The molecule has 8 amide bonds. The van der Waals surface area contributed by atoms with E-state index in [1.54, 1.807) is 10.8 Å². The summed E-state index contributed by atoms with van der Waals surface area (Å²) in [5.41, 5.74) is 33.6. The normalized spacial score (nSPS) is 23.6. The first-order chi connectivity index (χ1) is 47.0. The lowest BCUT2D eigenvalue weighted by atomic mass is 9.96. The molecule has 40 nitrogen and oxygen atoms in total. The van der Waals surface area contributed by atoms with Crippen molar-refractivity contribution in [3.63, 3.8) is 0 Å². The molecule has 550 valence electrons. The van der Waals surface area contributed by atoms with Crippen LogP contribution in [0, 0.1) is 12.8 Å². The number of carbonyl (C=O) groups is 8. The molecule has 2 saturated heterocycles. The summed E-state index contributed by atoms with van der Waals surface area (Å²) in [7, 11) is 0. The molecule has 6 rings (SSSR count). The SMILES string of the molecule is Cc1c(N)nc(C(CC(N)=O)NCC(N)C(N)=O)nc1C(=O)NC(C(=O)NC(C)C(O)C(C)C(=O)NC(C(=O)NCCc1nc(-c2nc(C(=O)NCCCNCCCCN)cs2)cs1)C(C)O)C(OC1OC(CO)C(O)C(O)C1OC1OC(CO)C(O)C(OC(N)=O)C1O)c1cnc[nH]1. The van der Waals surface area contributed by atoms with Crippen molar-refractivity contribution >= 4 is 75.9 Å². The number of carbonyl (C=O) groups excluding carboxylic acids is 8. The van der Waals surface area contributed by atoms with Crippen LogP contribution in [0.25, 0.3) is 10.7 Å². The van der Waals surface area contributed by atoms with Crippen molar-refractivity contribution in [1.82, 2.24) is 67.1 Å². The number of amides is 8. The molecule has 0 aromatic carbocycles. The maximum Gasteiger partial charge on any atom is 0.404 e. The van der Waals surface area contributed by atoms with Gasteiger partial charge in [-0.2, -0.15) is 0 Å². The van der Waals surface area contributed by atoms with Gasteiger partial charge in [0.05, 0.1) is 72.7 Å². The molecule has 2 aliphatic heterocycles. The Kier molecular flexibility index (Phi) is 30.9. The molecule has 2 aliphatic rings. The Hall–Kier alpha value is -7.73. The summed E-state index contributed by atoms with van der Waals surface area (Å²) in [6.07, 6.45) is -22.5. The van der Waals surface area contributed by atoms with Crippen LogP contribution in [-0.4, -0.2) is 268 Å². The van der Waals surface area contributed by atoms with Gasteiger partial charge in [-0.25, -0.2) is 29.7 Å². The van der Waals surface area contributed by atoms with Gasteiger partial charge in [-0.15, -0.1) is 22.7 Å². The van der Waals surface area contributed by atoms with Crippen LogP contribution in [0.1, 0.15) is 102 Å². The van der Waals surface area contributed by atoms with Gasteiger partial charge in [-0.1, -0.05) is 6.92 Å². The monoisotopic (exact) mass is 1440 g/mol. The third-order valence-corrected chi connectivity index (χ3v) is 17.7. The van der Waals surface area contributed by atoms with Gasteiger partial charge in [0.25, 0.3) is 11.8 Å². The summed E-state index contributed by atoms with van der Waals surface area (Å²) in [6, 6.07) is -7.87. The first-order valence-electron chi connectivity index (χ1n) is 31.4. The summed E-state index contributed by atoms with van der Waals surface area (Å²) in [4.78, 5) is 131. The number of hydrogen-bond acceptors (Lipinski definition) is 33. The molecule has 0 spiro atoms. The Labute approximate surface area is 573 Å². The Morgan fingerprint density at radius 2 is 1.44 bits per heavy atom. The van der Waals surface area contributed by atoms with Crippen LogP contribution in [0.3, 0.4) is 0 Å². The molecule has 4 aromatic heterocycles. The molecule has 0 saturated carbocycles. The Balaban J connectivity index is 1.23. The summed E-state index contributed by atoms with van der Waals surface area (Å²) >= 11 is 2.50. The van der Waals surface area contributed by atoms with E-state index in [1.807, 2.05) is 0 Å². The number of aromatic nitrogens is 6. The zero-order valence-electron chi connectivity index (χ0n) is 54.4. The number of ether oxygens (including phenoxy) is 5. The molecule has 4 aromatic rings. The summed E-state index contributed by atoms with van der Waals surface area (Å²) < 4.78 is 28.7. The Bertz CT molecular complexity index is 3320. The van der Waals surface area contributed by atoms with Crippen LogP contribution >= 0.6 is 22.7 Å². The van der Waals surface area contributed by atoms with Crippen LogP contribution in [0.15, 0.2) is 23.3 Å². The van der Waals surface area contributed by atoms with Crippen molar-refractivity contribution in [1.29, 1.82) is 0 Å². The average Bonchev–Trinajstić information content (AvgIpc) is 1.07. The number of H-pyrrole nitrogens is 1. The lowest BCUT2D eigenvalue weighted by molar-refractivity contribution is -0.372. The lowest BCUT2D eigenvalue weighted by Gasteiger charge is -2.47. The standard InChI is InChI=1S/C57H89N19O21S2/c1-22-35(73-48(76-46(22)61)27(14-33(60)80)68-15-26(59)47(62)86)52(90)75-37(43(28-16-65-21-69-28)95-56-45(41(84)39(82)31(17-77)94-56)96-55-42(85)44(97-57(63)92)40(83)32(18-78)93-55)53(91)70-24(3)38(81)23(2)49(87)74-36(25(4)79)51(89)67-13-8-34-71-30(20-98-34)54-72-29(19-99-54)50(88)66-12-7-11-64-10-6-5-9-58/h16,19-21,23-27,31-32,36-45,55-56,64,68,77-79,81-85H,5-15,17-18,58-59H2,1-4H3,(H2,60,80)(H2,62,86)(H2,63,92)(H,65,69)(H,66,88)(H,67,89)(H,70,91)(H,74,87)(H,75,90)(H2,61,73,76). The molecule has 0 bridgehead atoms. The number of nitrogens with one attached hydrogen (secondary N) is 8. The number of thiazole rings is 2. The minimum atomic E-state index is -2.20. The Morgan fingerprint density at radius 1 is 0.747 bits per heavy atom. The third-order valence-electron chi connectivity index (χ3n) is 15.9. The molecule has 19 unspecified atom stereocenters. The first-order valence-corrected chi connectivity index (χ1v) is 33.1. The second kappa shape index (κ2) is 38.2. The van der Waals surface area contributed by atoms with E-state index >= 15 is 4.79 Å². The fourth-order valence-electron chi connectivity index (χ4n) is 10.2. The van der Waals surface area contributed by atoms with Crippen molar-refractivity contribution in [2.75, 3.05) is 58.2 Å². The Morgan fingerprint density at radius 3 is 2.09 bits per heavy atom. The van der Waals surface area contributed by atoms with Crippen LogP contribution in [0.2, 0.25) is 0 Å². The van der Waals surface area contributed by atoms with E-state index in [4.69, 9.17) is 58.1 Å². The van der Waals surface area contributed by atoms with Gasteiger partial charge in [-0.05, 0) is 59.7 Å². The number of nitrogens with two attached hydrogens (primary N) is 6. The highest BCUT2D eigenvalue weighted by Gasteiger charge is 2.54. The molecule has 42 heteroatoms. The number of aliphatic hydroxyl groups excluding tert-OH is 8. The van der Waals surface area contributed by atoms with Crippen LogP contribution in [0.4, 0.5) is 10.6 Å². The smallest absolute Gasteiger partial charge is 0.404 e. The van der Waals surface area contributed by atoms with Crippen molar-refractivity contribution < 1.29 is 103 Å². The maximum atomic E-state index is 15.2. The minimum Gasteiger partial charge on any atom is -0.441 e. The van der Waals surface area contributed by atoms with Crippen molar-refractivity contribution in [3.05, 3.63) is 56.8 Å². The zero-order chi connectivity index (χ0) is 72.9. The fraction of sp³-hybridized carbons (Fsp3) is 0.632. The van der Waals surface area contributed by atoms with E-state index in [0.29, 0.717) is 28.8 Å². The van der Waals surface area contributed by atoms with E-state index in [9.17, 15) is 74.4 Å². The lowest BCUT2D eigenvalue weighted by Crippen LogP contribution is -2.65. The van der Waals surface area contributed by atoms with E-state index in [-0.39, 0.29) is 54.0 Å². The van der Waals surface area contributed by atoms with Crippen LogP contribution in [0.5, 0.6) is 0 Å². The first kappa shape index (κ1) is 80.2. The highest BCUT2D eigenvalue weighted by Crippen LogP contribution is 2.35. The van der Waals surface area contributed by atoms with Gasteiger partial charge >= 0.3 is 6.09 Å². The number of nitrogens with zero attached hydrogens (tertiary/aromatic N) is 5. The van der Waals surface area contributed by atoms with Gasteiger partial charge in [0.1, 0.15) is 94.6 Å². The number of rotatable bonds is 39. The molecule has 28 N–H and O–H groups in total. The molecular formula is C57H89N19O21S2. The highest BCUT2D eigenvalue weighted by atomic mass is 32.1. The van der Waals surface area contributed by atoms with Gasteiger partial charge in [0.15, 0.2) is 18.7 Å². The summed E-state index contributed by atoms with van der Waals surface area (Å²) in [5, 5.41) is 111. The molecule has 0 aliphatic carbocycles. The number of aliphatic hydroxyl groups is 8. The number of imidazole rings is 1. The van der Waals surface area contributed by atoms with Crippen molar-refractivity contribution in [2.45, 2.75) is 170 Å². The molecule has 19 atom stereocenters. The second-order valence-electron chi connectivity index (χ2n) is 23.4. The van der Waals surface area contributed by atoms with E-state index < -0.39 is 183 Å². The number of nitrogen functional groups attached to an aromatic ring is 1. The largest absolute Gasteiger partial charge is 0.441 e. The van der Waals surface area contributed by atoms with Gasteiger partial charge in [-0.3, -0.25) is 33.6 Å². The summed E-state index contributed by atoms with van der Waals surface area (Å²) in [5.74, 6) is -8.74. The maximum absolute atomic E-state index is 15.2. The number of aromatic amines is 1. The van der Waals surface area contributed by atoms with Crippen LogP contribution in [-0.2, 0) is 54.1 Å². The van der Waals surface area contributed by atoms with Gasteiger partial charge in [0.2, 0.25) is 29.5 Å². The molecule has 6 heterocycles. The van der Waals surface area contributed by atoms with Gasteiger partial charge in [0, 0.05) is 48.8 Å². The number of hydrogen-bond donors (Lipinski definition) is 22. The zero-order valence-corrected chi connectivity index (χ0v) is 56.0. The predicted molar refractivity (Wildman–Crippen MR) is 346 cm³/mol. The predicted octanol–water partition coefficient (Wildman–Crippen LogP) is -8.25. The quantitative estimate of drug-likeness (QED) is 0.0185. The van der Waals surface area contributed by atoms with E-state index in [2.05, 4.69) is 67.1 Å². The topological polar surface area (TPSA) is 665 Å². The molecule has 2 fully saturated rings. The number of unbranched alkanes of at least 4 members (excludes halogenated alkanes) is 1. The van der Waals surface area contributed by atoms with E-state index in [1.165, 1.54) is 50.4 Å². The van der Waals surface area contributed by atoms with E-state index in [0.717, 1.165) is 44.9 Å². The fourth-order valence-corrected chi connectivity index (χ4v) is 11.8. The van der Waals surface area contributed by atoms with Crippen molar-refractivity contribution in [3.8, 4) is 10.7 Å². The molecule has 0 radical (unpaired) electrons. The average molecular weight is 1440 g/mol. The van der Waals surface area contributed by atoms with Crippen molar-refractivity contribution in [2.24, 2.45) is 34.6 Å². The number of anilines is 1. The van der Waals surface area contributed by atoms with Gasteiger partial charge < -0.3 is 141 Å². The second-order valence-corrected chi connectivity index (χ2v) is 25.2. The van der Waals surface area contributed by atoms with Crippen LogP contribution < -0.4 is 71.6 Å². The number of primary amides is 3.